The normalized spacial score (nSPS) is 13.3. The maximum Gasteiger partial charge on any atom is 0.316 e. The predicted molar refractivity (Wildman–Crippen MR) is 110 cm³/mol. The molecular weight excluding hydrogens is 366 g/mol. The Bertz CT molecular complexity index is 1310. The van der Waals surface area contributed by atoms with Crippen molar-refractivity contribution < 1.29 is 9.84 Å². The molecule has 0 saturated carbocycles. The van der Waals surface area contributed by atoms with Crippen LogP contribution < -0.4 is 9.64 Å². The van der Waals surface area contributed by atoms with Crippen LogP contribution in [0.4, 0.5) is 5.82 Å². The Kier molecular flexibility index (Phi) is 3.91. The smallest absolute Gasteiger partial charge is 0.316 e. The molecule has 4 aromatic rings. The van der Waals surface area contributed by atoms with Crippen LogP contribution in [-0.4, -0.2) is 40.3 Å². The molecule has 7 heteroatoms. The van der Waals surface area contributed by atoms with E-state index in [1.54, 1.807) is 24.4 Å². The molecule has 0 unspecified atom stereocenters. The number of rotatable bonds is 3. The fraction of sp³-hybridized carbons (Fsp3) is 0.182. The van der Waals surface area contributed by atoms with Crippen LogP contribution in [0.25, 0.3) is 32.9 Å². The third-order valence-corrected chi connectivity index (χ3v) is 5.23. The van der Waals surface area contributed by atoms with Crippen molar-refractivity contribution in [1.82, 2.24) is 15.0 Å². The van der Waals surface area contributed by atoms with E-state index < -0.39 is 0 Å². The van der Waals surface area contributed by atoms with Gasteiger partial charge < -0.3 is 14.7 Å². The Morgan fingerprint density at radius 2 is 2.03 bits per heavy atom. The highest BCUT2D eigenvalue weighted by molar-refractivity contribution is 6.03. The molecule has 29 heavy (non-hydrogen) atoms. The maximum absolute atomic E-state index is 10.3. The molecule has 1 fully saturated rings. The largest absolute Gasteiger partial charge is 0.508 e. The van der Waals surface area contributed by atoms with Gasteiger partial charge >= 0.3 is 6.01 Å². The standard InChI is InChI=1S/C22H17N5O2/c1-29-22-24-12-17-19(26-22)10-18(25-21(17)27-6-3-7-27)16-9-15(28)8-13-4-2-5-14(11-23)20(13)16/h2,4-5,8-10,12,28H,3,6-7H2,1H3. The van der Waals surface area contributed by atoms with E-state index in [-0.39, 0.29) is 11.8 Å². The fourth-order valence-electron chi connectivity index (χ4n) is 3.71. The van der Waals surface area contributed by atoms with E-state index in [1.807, 2.05) is 18.2 Å². The summed E-state index contributed by atoms with van der Waals surface area (Å²) < 4.78 is 5.20. The minimum Gasteiger partial charge on any atom is -0.508 e. The second-order valence-corrected chi connectivity index (χ2v) is 6.97. The van der Waals surface area contributed by atoms with Crippen molar-refractivity contribution in [2.75, 3.05) is 25.1 Å². The molecule has 0 aliphatic carbocycles. The van der Waals surface area contributed by atoms with Gasteiger partial charge in [0.25, 0.3) is 0 Å². The Balaban J connectivity index is 1.85. The zero-order valence-electron chi connectivity index (χ0n) is 15.8. The van der Waals surface area contributed by atoms with E-state index >= 15 is 0 Å². The first-order valence-electron chi connectivity index (χ1n) is 9.31. The molecule has 1 aliphatic heterocycles. The van der Waals surface area contributed by atoms with Gasteiger partial charge in [-0.05, 0) is 36.1 Å². The Hall–Kier alpha value is -3.92. The summed E-state index contributed by atoms with van der Waals surface area (Å²) in [5, 5.41) is 22.3. The molecule has 1 aliphatic rings. The predicted octanol–water partition coefficient (Wildman–Crippen LogP) is 3.64. The number of nitrogens with zero attached hydrogens (tertiary/aromatic N) is 5. The molecule has 0 radical (unpaired) electrons. The lowest BCUT2D eigenvalue weighted by Crippen LogP contribution is -2.37. The molecule has 0 amide bonds. The van der Waals surface area contributed by atoms with Crippen molar-refractivity contribution in [3.8, 4) is 29.1 Å². The number of phenols is 1. The number of fused-ring (bicyclic) bond motifs is 2. The van der Waals surface area contributed by atoms with Crippen LogP contribution in [0.1, 0.15) is 12.0 Å². The van der Waals surface area contributed by atoms with Crippen LogP contribution in [0.2, 0.25) is 0 Å². The fourth-order valence-corrected chi connectivity index (χ4v) is 3.71. The van der Waals surface area contributed by atoms with Crippen molar-refractivity contribution in [2.24, 2.45) is 0 Å². The number of phenolic OH excluding ortho intramolecular Hbond substituents is 1. The van der Waals surface area contributed by atoms with E-state index in [0.29, 0.717) is 22.3 Å². The summed E-state index contributed by atoms with van der Waals surface area (Å²) in [5.74, 6) is 0.924. The molecule has 1 saturated heterocycles. The van der Waals surface area contributed by atoms with Gasteiger partial charge in [0.2, 0.25) is 0 Å². The zero-order valence-corrected chi connectivity index (χ0v) is 15.8. The number of ether oxygens (including phenoxy) is 1. The van der Waals surface area contributed by atoms with E-state index in [0.717, 1.165) is 41.5 Å². The number of anilines is 1. The van der Waals surface area contributed by atoms with Gasteiger partial charge in [-0.2, -0.15) is 10.2 Å². The summed E-state index contributed by atoms with van der Waals surface area (Å²) in [6, 6.07) is 13.1. The van der Waals surface area contributed by atoms with Gasteiger partial charge in [-0.1, -0.05) is 12.1 Å². The number of pyridine rings is 1. The molecular formula is C22H17N5O2. The number of nitriles is 1. The minimum atomic E-state index is 0.121. The van der Waals surface area contributed by atoms with Gasteiger partial charge in [0.05, 0.1) is 35.3 Å². The highest BCUT2D eigenvalue weighted by atomic mass is 16.5. The number of benzene rings is 2. The molecule has 0 bridgehead atoms. The summed E-state index contributed by atoms with van der Waals surface area (Å²) in [6.45, 7) is 1.84. The monoisotopic (exact) mass is 383 g/mol. The maximum atomic E-state index is 10.3. The molecule has 7 nitrogen and oxygen atoms in total. The van der Waals surface area contributed by atoms with Crippen LogP contribution in [0.15, 0.2) is 42.6 Å². The molecule has 142 valence electrons. The minimum absolute atomic E-state index is 0.121. The lowest BCUT2D eigenvalue weighted by Gasteiger charge is -2.33. The van der Waals surface area contributed by atoms with E-state index in [2.05, 4.69) is 20.9 Å². The first-order chi connectivity index (χ1) is 14.2. The van der Waals surface area contributed by atoms with Gasteiger partial charge in [0.1, 0.15) is 11.6 Å². The first-order valence-corrected chi connectivity index (χ1v) is 9.31. The van der Waals surface area contributed by atoms with Crippen molar-refractivity contribution in [1.29, 1.82) is 5.26 Å². The van der Waals surface area contributed by atoms with Crippen LogP contribution in [0.5, 0.6) is 11.8 Å². The summed E-state index contributed by atoms with van der Waals surface area (Å²) >= 11 is 0. The number of hydrogen-bond donors (Lipinski definition) is 1. The van der Waals surface area contributed by atoms with E-state index in [1.165, 1.54) is 7.11 Å². The van der Waals surface area contributed by atoms with Gasteiger partial charge in [-0.15, -0.1) is 0 Å². The molecule has 5 rings (SSSR count). The van der Waals surface area contributed by atoms with Crippen LogP contribution in [0.3, 0.4) is 0 Å². The highest BCUT2D eigenvalue weighted by Gasteiger charge is 2.22. The Morgan fingerprint density at radius 3 is 2.76 bits per heavy atom. The first kappa shape index (κ1) is 17.2. The van der Waals surface area contributed by atoms with Gasteiger partial charge in [0.15, 0.2) is 0 Å². The molecule has 2 aromatic carbocycles. The average molecular weight is 383 g/mol. The Labute approximate surface area is 166 Å². The van der Waals surface area contributed by atoms with E-state index in [4.69, 9.17) is 9.72 Å². The second-order valence-electron chi connectivity index (χ2n) is 6.97. The van der Waals surface area contributed by atoms with Gasteiger partial charge in [0, 0.05) is 30.2 Å². The molecule has 0 atom stereocenters. The van der Waals surface area contributed by atoms with Crippen molar-refractivity contribution in [3.05, 3.63) is 48.2 Å². The zero-order chi connectivity index (χ0) is 20.0. The number of aromatic hydroxyl groups is 1. The third kappa shape index (κ3) is 2.77. The van der Waals surface area contributed by atoms with Gasteiger partial charge in [-0.25, -0.2) is 9.97 Å². The Morgan fingerprint density at radius 1 is 1.17 bits per heavy atom. The quantitative estimate of drug-likeness (QED) is 0.577. The lowest BCUT2D eigenvalue weighted by molar-refractivity contribution is 0.382. The summed E-state index contributed by atoms with van der Waals surface area (Å²) in [7, 11) is 1.53. The summed E-state index contributed by atoms with van der Waals surface area (Å²) in [5.41, 5.74) is 2.57. The van der Waals surface area contributed by atoms with Crippen molar-refractivity contribution >= 4 is 27.5 Å². The SMILES string of the molecule is COc1ncc2c(N3CCC3)nc(-c3cc(O)cc4cccc(C#N)c34)cc2n1. The highest BCUT2D eigenvalue weighted by Crippen LogP contribution is 2.37. The molecule has 3 heterocycles. The number of hydrogen-bond acceptors (Lipinski definition) is 7. The molecule has 1 N–H and O–H groups in total. The van der Waals surface area contributed by atoms with Crippen LogP contribution in [-0.2, 0) is 0 Å². The third-order valence-electron chi connectivity index (χ3n) is 5.23. The van der Waals surface area contributed by atoms with Crippen LogP contribution in [0, 0.1) is 11.3 Å². The van der Waals surface area contributed by atoms with E-state index in [9.17, 15) is 10.4 Å². The average Bonchev–Trinajstić information content (AvgIpc) is 2.70. The van der Waals surface area contributed by atoms with Crippen LogP contribution >= 0.6 is 0 Å². The van der Waals surface area contributed by atoms with Crippen molar-refractivity contribution in [2.45, 2.75) is 6.42 Å². The topological polar surface area (TPSA) is 95.2 Å². The summed E-state index contributed by atoms with van der Waals surface area (Å²) in [4.78, 5) is 15.8. The lowest BCUT2D eigenvalue weighted by atomic mass is 9.96. The number of methoxy groups -OCH3 is 1. The van der Waals surface area contributed by atoms with Gasteiger partial charge in [-0.3, -0.25) is 0 Å². The number of aromatic nitrogens is 3. The molecule has 2 aromatic heterocycles. The molecule has 0 spiro atoms. The summed E-state index contributed by atoms with van der Waals surface area (Å²) in [6.07, 6.45) is 2.84. The second kappa shape index (κ2) is 6.60. The van der Waals surface area contributed by atoms with Crippen molar-refractivity contribution in [3.63, 3.8) is 0 Å².